The maximum atomic E-state index is 9.28. The number of nitriles is 1. The zero-order chi connectivity index (χ0) is 15.8. The van der Waals surface area contributed by atoms with Crippen LogP contribution in [0, 0.1) is 18.3 Å². The Hall–Kier alpha value is -3.39. The number of para-hydroxylation sites is 1. The molecule has 0 atom stereocenters. The van der Waals surface area contributed by atoms with Gasteiger partial charge in [-0.05, 0) is 37.3 Å². The van der Waals surface area contributed by atoms with Crippen molar-refractivity contribution in [1.82, 2.24) is 15.0 Å². The average Bonchev–Trinajstić information content (AvgIpc) is 3.03. The lowest BCUT2D eigenvalue weighted by molar-refractivity contribution is 1.25. The van der Waals surface area contributed by atoms with Gasteiger partial charge in [0.05, 0.1) is 22.5 Å². The quantitative estimate of drug-likeness (QED) is 0.585. The summed E-state index contributed by atoms with van der Waals surface area (Å²) < 4.78 is 0. The summed E-state index contributed by atoms with van der Waals surface area (Å²) in [6.45, 7) is 2.00. The van der Waals surface area contributed by atoms with Gasteiger partial charge >= 0.3 is 0 Å². The molecule has 2 heterocycles. The Morgan fingerprint density at radius 2 is 1.96 bits per heavy atom. The number of anilines is 2. The number of pyridine rings is 1. The first kappa shape index (κ1) is 13.3. The standard InChI is InChI=1S/C18H13N5/c1-11-8-16(23-13-5-3-2-4-12(13)9-19)17-14(22-11)6-7-15-18(17)21-10-20-15/h2-8,10,22-23H,1H3. The Morgan fingerprint density at radius 1 is 1.09 bits per heavy atom. The maximum Gasteiger partial charge on any atom is 0.116 e. The van der Waals surface area contributed by atoms with Crippen molar-refractivity contribution >= 4 is 33.3 Å². The van der Waals surface area contributed by atoms with Gasteiger partial charge < -0.3 is 10.3 Å². The predicted octanol–water partition coefficient (Wildman–Crippen LogP) is 4.03. The van der Waals surface area contributed by atoms with Crippen molar-refractivity contribution in [1.29, 1.82) is 5.26 Å². The van der Waals surface area contributed by atoms with E-state index in [0.29, 0.717) is 5.56 Å². The summed E-state index contributed by atoms with van der Waals surface area (Å²) in [5, 5.41) is 13.6. The van der Waals surface area contributed by atoms with Gasteiger partial charge in [0.15, 0.2) is 0 Å². The van der Waals surface area contributed by atoms with Crippen molar-refractivity contribution in [3.63, 3.8) is 0 Å². The molecule has 0 radical (unpaired) electrons. The van der Waals surface area contributed by atoms with E-state index in [1.807, 2.05) is 43.3 Å². The van der Waals surface area contributed by atoms with Crippen molar-refractivity contribution in [2.45, 2.75) is 6.92 Å². The summed E-state index contributed by atoms with van der Waals surface area (Å²) in [6, 6.07) is 15.6. The lowest BCUT2D eigenvalue weighted by Crippen LogP contribution is -1.97. The van der Waals surface area contributed by atoms with Crippen LogP contribution in [0.4, 0.5) is 11.4 Å². The van der Waals surface area contributed by atoms with E-state index in [1.165, 1.54) is 0 Å². The normalized spacial score (nSPS) is 10.8. The highest BCUT2D eigenvalue weighted by Crippen LogP contribution is 2.32. The molecule has 2 aromatic carbocycles. The summed E-state index contributed by atoms with van der Waals surface area (Å²) in [5.41, 5.74) is 5.99. The van der Waals surface area contributed by atoms with E-state index < -0.39 is 0 Å². The average molecular weight is 299 g/mol. The molecule has 0 spiro atoms. The Kier molecular flexibility index (Phi) is 2.95. The molecule has 0 aliphatic rings. The molecule has 23 heavy (non-hydrogen) atoms. The van der Waals surface area contributed by atoms with Crippen LogP contribution in [0.3, 0.4) is 0 Å². The van der Waals surface area contributed by atoms with E-state index >= 15 is 0 Å². The molecule has 4 rings (SSSR count). The topological polar surface area (TPSA) is 77.4 Å². The molecule has 0 unspecified atom stereocenters. The number of hydrogen-bond acceptors (Lipinski definition) is 4. The fourth-order valence-corrected chi connectivity index (χ4v) is 2.81. The second kappa shape index (κ2) is 5.11. The van der Waals surface area contributed by atoms with Crippen LogP contribution in [0.5, 0.6) is 0 Å². The highest BCUT2D eigenvalue weighted by Gasteiger charge is 2.11. The molecule has 5 nitrogen and oxygen atoms in total. The van der Waals surface area contributed by atoms with Crippen molar-refractivity contribution in [2.75, 3.05) is 5.32 Å². The summed E-state index contributed by atoms with van der Waals surface area (Å²) in [6.07, 6.45) is 1.57. The van der Waals surface area contributed by atoms with E-state index in [-0.39, 0.29) is 0 Å². The minimum absolute atomic E-state index is 0.604. The summed E-state index contributed by atoms with van der Waals surface area (Å²) in [4.78, 5) is 12.0. The number of rotatable bonds is 2. The van der Waals surface area contributed by atoms with Gasteiger partial charge in [0.1, 0.15) is 17.9 Å². The zero-order valence-electron chi connectivity index (χ0n) is 12.5. The van der Waals surface area contributed by atoms with Crippen LogP contribution in [-0.4, -0.2) is 15.0 Å². The molecule has 0 fully saturated rings. The number of H-pyrrole nitrogens is 1. The number of aromatic amines is 1. The summed E-state index contributed by atoms with van der Waals surface area (Å²) in [5.74, 6) is 0. The van der Waals surface area contributed by atoms with Crippen molar-refractivity contribution in [2.24, 2.45) is 0 Å². The number of benzene rings is 2. The van der Waals surface area contributed by atoms with E-state index in [1.54, 1.807) is 12.4 Å². The minimum atomic E-state index is 0.604. The molecule has 110 valence electrons. The van der Waals surface area contributed by atoms with Crippen LogP contribution in [0.2, 0.25) is 0 Å². The third-order valence-corrected chi connectivity index (χ3v) is 3.82. The molecule has 0 amide bonds. The van der Waals surface area contributed by atoms with Crippen LogP contribution in [-0.2, 0) is 0 Å². The van der Waals surface area contributed by atoms with Gasteiger partial charge in [-0.25, -0.2) is 9.97 Å². The predicted molar refractivity (Wildman–Crippen MR) is 90.6 cm³/mol. The number of hydrogen-bond donors (Lipinski definition) is 2. The first-order valence-corrected chi connectivity index (χ1v) is 7.25. The molecule has 2 N–H and O–H groups in total. The largest absolute Gasteiger partial charge is 0.358 e. The van der Waals surface area contributed by atoms with Crippen LogP contribution in [0.25, 0.3) is 21.9 Å². The van der Waals surface area contributed by atoms with E-state index in [2.05, 4.69) is 26.3 Å². The number of nitrogens with one attached hydrogen (secondary N) is 2. The Labute approximate surface area is 132 Å². The minimum Gasteiger partial charge on any atom is -0.358 e. The number of nitrogens with zero attached hydrogens (tertiary/aromatic N) is 3. The fourth-order valence-electron chi connectivity index (χ4n) is 2.81. The van der Waals surface area contributed by atoms with E-state index in [0.717, 1.165) is 39.0 Å². The zero-order valence-corrected chi connectivity index (χ0v) is 12.5. The molecule has 0 bridgehead atoms. The van der Waals surface area contributed by atoms with Crippen LogP contribution in [0.15, 0.2) is 48.8 Å². The number of imidazole rings is 1. The monoisotopic (exact) mass is 299 g/mol. The van der Waals surface area contributed by atoms with E-state index in [9.17, 15) is 5.26 Å². The molecule has 0 aliphatic heterocycles. The molecule has 0 aliphatic carbocycles. The second-order valence-corrected chi connectivity index (χ2v) is 5.38. The van der Waals surface area contributed by atoms with E-state index in [4.69, 9.17) is 0 Å². The Balaban J connectivity index is 1.99. The summed E-state index contributed by atoms with van der Waals surface area (Å²) >= 11 is 0. The molecule has 0 saturated carbocycles. The van der Waals surface area contributed by atoms with Gasteiger partial charge in [-0.3, -0.25) is 0 Å². The number of aryl methyl sites for hydroxylation is 1. The molecular formula is C18H13N5. The third kappa shape index (κ3) is 2.17. The second-order valence-electron chi connectivity index (χ2n) is 5.38. The molecule has 5 heteroatoms. The lowest BCUT2D eigenvalue weighted by atomic mass is 10.1. The molecule has 0 saturated heterocycles. The Morgan fingerprint density at radius 3 is 2.83 bits per heavy atom. The number of aromatic nitrogens is 3. The van der Waals surface area contributed by atoms with Crippen molar-refractivity contribution in [3.8, 4) is 6.07 Å². The first-order chi connectivity index (χ1) is 11.3. The highest BCUT2D eigenvalue weighted by molar-refractivity contribution is 6.10. The molecular weight excluding hydrogens is 286 g/mol. The highest BCUT2D eigenvalue weighted by atomic mass is 14.9. The SMILES string of the molecule is Cc1cc(Nc2ccccc2C#N)c2c(ccc3ncnc32)[nH]1. The molecule has 2 aromatic heterocycles. The fraction of sp³-hybridized carbons (Fsp3) is 0.0556. The van der Waals surface area contributed by atoms with Gasteiger partial charge in [0, 0.05) is 16.6 Å². The molecule has 4 aromatic rings. The number of fused-ring (bicyclic) bond motifs is 3. The Bertz CT molecular complexity index is 1070. The first-order valence-electron chi connectivity index (χ1n) is 7.25. The van der Waals surface area contributed by atoms with Crippen LogP contribution < -0.4 is 5.32 Å². The van der Waals surface area contributed by atoms with Gasteiger partial charge in [-0.2, -0.15) is 5.26 Å². The van der Waals surface area contributed by atoms with Gasteiger partial charge in [-0.15, -0.1) is 0 Å². The maximum absolute atomic E-state index is 9.28. The van der Waals surface area contributed by atoms with Gasteiger partial charge in [0.2, 0.25) is 0 Å². The summed E-state index contributed by atoms with van der Waals surface area (Å²) in [7, 11) is 0. The van der Waals surface area contributed by atoms with Crippen molar-refractivity contribution in [3.05, 3.63) is 60.0 Å². The third-order valence-electron chi connectivity index (χ3n) is 3.82. The van der Waals surface area contributed by atoms with Crippen molar-refractivity contribution < 1.29 is 0 Å². The van der Waals surface area contributed by atoms with Crippen LogP contribution >= 0.6 is 0 Å². The lowest BCUT2D eigenvalue weighted by Gasteiger charge is -2.13. The van der Waals surface area contributed by atoms with Gasteiger partial charge in [0.25, 0.3) is 0 Å². The smallest absolute Gasteiger partial charge is 0.116 e. The van der Waals surface area contributed by atoms with Gasteiger partial charge in [-0.1, -0.05) is 12.1 Å². The van der Waals surface area contributed by atoms with Crippen LogP contribution in [0.1, 0.15) is 11.3 Å².